The van der Waals surface area contributed by atoms with Gasteiger partial charge in [0.15, 0.2) is 0 Å². The van der Waals surface area contributed by atoms with Crippen molar-refractivity contribution in [1.29, 1.82) is 5.26 Å². The zero-order valence-electron chi connectivity index (χ0n) is 18.4. The third-order valence-corrected chi connectivity index (χ3v) is 7.64. The van der Waals surface area contributed by atoms with E-state index >= 15 is 0 Å². The summed E-state index contributed by atoms with van der Waals surface area (Å²) in [5.74, 6) is -5.30. The molecule has 0 aliphatic carbocycles. The number of piperidine rings is 1. The summed E-state index contributed by atoms with van der Waals surface area (Å²) in [5.41, 5.74) is 2.45. The molecule has 36 heavy (non-hydrogen) atoms. The van der Waals surface area contributed by atoms with E-state index in [1.165, 1.54) is 17.7 Å². The molecule has 2 saturated heterocycles. The zero-order valence-corrected chi connectivity index (χ0v) is 20.0. The van der Waals surface area contributed by atoms with Crippen LogP contribution in [0.5, 0.6) is 5.88 Å². The van der Waals surface area contributed by atoms with Crippen LogP contribution < -0.4 is 4.74 Å². The summed E-state index contributed by atoms with van der Waals surface area (Å²) in [5, 5.41) is 11.3. The fourth-order valence-electron chi connectivity index (χ4n) is 4.72. The number of nitriles is 1. The van der Waals surface area contributed by atoms with Crippen molar-refractivity contribution in [3.8, 4) is 23.1 Å². The van der Waals surface area contributed by atoms with Crippen LogP contribution in [0, 0.1) is 23.2 Å². The number of benzene rings is 1. The lowest BCUT2D eigenvalue weighted by atomic mass is 9.84. The maximum Gasteiger partial charge on any atom is 0.454 e. The summed E-state index contributed by atoms with van der Waals surface area (Å²) in [6.45, 7) is -1.07. The van der Waals surface area contributed by atoms with Crippen LogP contribution in [0.3, 0.4) is 0 Å². The standard InChI is InChI=1S/C23H18ClF5N4O2S/c24-17-3-12(4-30)1-2-15(17)16-9-36-20-18(16)31-11-32-21(20)35-19-13-5-33(6-14(19)8-34-7-13)10-22(25,26)23(27,28)29/h1-3,9,11,13-14,19H,5-8,10H2. The fourth-order valence-corrected chi connectivity index (χ4v) is 5.96. The van der Waals surface area contributed by atoms with E-state index in [2.05, 4.69) is 9.97 Å². The summed E-state index contributed by atoms with van der Waals surface area (Å²) >= 11 is 7.73. The van der Waals surface area contributed by atoms with Gasteiger partial charge in [-0.3, -0.25) is 4.90 Å². The molecule has 2 bridgehead atoms. The second kappa shape index (κ2) is 9.37. The van der Waals surface area contributed by atoms with Crippen LogP contribution in [-0.4, -0.2) is 65.9 Å². The molecule has 190 valence electrons. The Labute approximate surface area is 211 Å². The van der Waals surface area contributed by atoms with E-state index in [4.69, 9.17) is 26.3 Å². The molecule has 0 N–H and O–H groups in total. The number of nitrogens with zero attached hydrogens (tertiary/aromatic N) is 4. The SMILES string of the molecule is N#Cc1ccc(-c2csc3c(OC4C5COCC4CN(CC(F)(F)C(F)(F)F)C5)ncnc23)c(Cl)c1. The van der Waals surface area contributed by atoms with Crippen molar-refractivity contribution in [1.82, 2.24) is 14.9 Å². The molecule has 2 unspecified atom stereocenters. The van der Waals surface area contributed by atoms with Crippen LogP contribution in [0.15, 0.2) is 29.9 Å². The molecule has 1 aromatic carbocycles. The fraction of sp³-hybridized carbons (Fsp3) is 0.435. The average Bonchev–Trinajstić information content (AvgIpc) is 3.23. The van der Waals surface area contributed by atoms with E-state index in [0.717, 1.165) is 10.5 Å². The number of aromatic nitrogens is 2. The van der Waals surface area contributed by atoms with Crippen molar-refractivity contribution in [3.05, 3.63) is 40.5 Å². The van der Waals surface area contributed by atoms with E-state index in [-0.39, 0.29) is 26.3 Å². The lowest BCUT2D eigenvalue weighted by molar-refractivity contribution is -0.289. The van der Waals surface area contributed by atoms with Crippen molar-refractivity contribution in [2.45, 2.75) is 18.2 Å². The second-order valence-electron chi connectivity index (χ2n) is 8.85. The molecule has 2 aliphatic heterocycles. The summed E-state index contributed by atoms with van der Waals surface area (Å²) < 4.78 is 77.9. The van der Waals surface area contributed by atoms with Gasteiger partial charge in [-0.15, -0.1) is 11.3 Å². The third kappa shape index (κ3) is 4.61. The predicted molar refractivity (Wildman–Crippen MR) is 122 cm³/mol. The maximum atomic E-state index is 13.7. The molecule has 0 saturated carbocycles. The monoisotopic (exact) mass is 544 g/mol. The quantitative estimate of drug-likeness (QED) is 0.400. The highest BCUT2D eigenvalue weighted by molar-refractivity contribution is 7.18. The summed E-state index contributed by atoms with van der Waals surface area (Å²) in [7, 11) is 0. The lowest BCUT2D eigenvalue weighted by Crippen LogP contribution is -2.60. The van der Waals surface area contributed by atoms with Gasteiger partial charge >= 0.3 is 12.1 Å². The van der Waals surface area contributed by atoms with Gasteiger partial charge in [-0.25, -0.2) is 9.97 Å². The van der Waals surface area contributed by atoms with Gasteiger partial charge in [-0.1, -0.05) is 17.7 Å². The molecule has 5 rings (SSSR count). The van der Waals surface area contributed by atoms with Gasteiger partial charge in [0.1, 0.15) is 17.1 Å². The summed E-state index contributed by atoms with van der Waals surface area (Å²) in [6.07, 6.45) is -4.72. The van der Waals surface area contributed by atoms with Gasteiger partial charge in [0, 0.05) is 46.5 Å². The van der Waals surface area contributed by atoms with Crippen LogP contribution in [0.25, 0.3) is 21.3 Å². The van der Waals surface area contributed by atoms with Gasteiger partial charge in [-0.05, 0) is 12.1 Å². The van der Waals surface area contributed by atoms with Crippen LogP contribution in [-0.2, 0) is 4.74 Å². The molecule has 6 nitrogen and oxygen atoms in total. The van der Waals surface area contributed by atoms with Crippen molar-refractivity contribution < 1.29 is 31.4 Å². The van der Waals surface area contributed by atoms with Gasteiger partial charge < -0.3 is 9.47 Å². The van der Waals surface area contributed by atoms with Gasteiger partial charge in [0.2, 0.25) is 5.88 Å². The Morgan fingerprint density at radius 1 is 1.14 bits per heavy atom. The maximum absolute atomic E-state index is 13.7. The minimum Gasteiger partial charge on any atom is -0.472 e. The molecular formula is C23H18ClF5N4O2S. The lowest BCUT2D eigenvalue weighted by Gasteiger charge is -2.47. The summed E-state index contributed by atoms with van der Waals surface area (Å²) in [4.78, 5) is 9.78. The van der Waals surface area contributed by atoms with E-state index in [1.807, 2.05) is 11.4 Å². The van der Waals surface area contributed by atoms with Crippen LogP contribution in [0.2, 0.25) is 5.02 Å². The topological polar surface area (TPSA) is 71.3 Å². The zero-order chi connectivity index (χ0) is 25.7. The van der Waals surface area contributed by atoms with Crippen molar-refractivity contribution >= 4 is 33.2 Å². The van der Waals surface area contributed by atoms with Crippen molar-refractivity contribution in [2.24, 2.45) is 11.8 Å². The van der Waals surface area contributed by atoms with Crippen LogP contribution >= 0.6 is 22.9 Å². The van der Waals surface area contributed by atoms with E-state index in [9.17, 15) is 22.0 Å². The Hall–Kier alpha value is -2.59. The molecule has 0 amide bonds. The Balaban J connectivity index is 1.39. The van der Waals surface area contributed by atoms with E-state index in [0.29, 0.717) is 32.2 Å². The molecule has 0 radical (unpaired) electrons. The molecule has 2 atom stereocenters. The Morgan fingerprint density at radius 3 is 2.50 bits per heavy atom. The number of thiophene rings is 1. The highest BCUT2D eigenvalue weighted by Gasteiger charge is 2.59. The molecule has 2 aromatic heterocycles. The average molecular weight is 545 g/mol. The Kier molecular flexibility index (Phi) is 6.53. The Bertz CT molecular complexity index is 1310. The predicted octanol–water partition coefficient (Wildman–Crippen LogP) is 5.41. The molecule has 2 aliphatic rings. The number of hydrogen-bond acceptors (Lipinski definition) is 7. The highest BCUT2D eigenvalue weighted by Crippen LogP contribution is 2.42. The number of ether oxygens (including phenoxy) is 2. The van der Waals surface area contributed by atoms with E-state index < -0.39 is 36.6 Å². The number of rotatable bonds is 5. The van der Waals surface area contributed by atoms with E-state index in [1.54, 1.807) is 18.2 Å². The first-order valence-corrected chi connectivity index (χ1v) is 12.2. The first-order valence-electron chi connectivity index (χ1n) is 10.9. The normalized spacial score (nSPS) is 23.0. The van der Waals surface area contributed by atoms with Gasteiger partial charge in [0.25, 0.3) is 0 Å². The van der Waals surface area contributed by atoms with Crippen molar-refractivity contribution in [2.75, 3.05) is 32.8 Å². The number of hydrogen-bond donors (Lipinski definition) is 0. The van der Waals surface area contributed by atoms with Crippen LogP contribution in [0.4, 0.5) is 22.0 Å². The second-order valence-corrected chi connectivity index (χ2v) is 10.1. The number of likely N-dealkylation sites (tertiary alicyclic amines) is 1. The first kappa shape index (κ1) is 25.1. The number of fused-ring (bicyclic) bond motifs is 3. The minimum absolute atomic E-state index is 0.0163. The third-order valence-electron chi connectivity index (χ3n) is 6.37. The molecule has 4 heterocycles. The Morgan fingerprint density at radius 2 is 1.86 bits per heavy atom. The smallest absolute Gasteiger partial charge is 0.454 e. The number of alkyl halides is 5. The molecule has 13 heteroatoms. The van der Waals surface area contributed by atoms with Gasteiger partial charge in [-0.2, -0.15) is 27.2 Å². The number of halogens is 6. The minimum atomic E-state index is -5.60. The molecule has 0 spiro atoms. The molecule has 2 fully saturated rings. The van der Waals surface area contributed by atoms with Gasteiger partial charge in [0.05, 0.1) is 36.9 Å². The van der Waals surface area contributed by atoms with Crippen molar-refractivity contribution in [3.63, 3.8) is 0 Å². The first-order chi connectivity index (χ1) is 17.1. The summed E-state index contributed by atoms with van der Waals surface area (Å²) in [6, 6.07) is 6.99. The highest BCUT2D eigenvalue weighted by atomic mass is 35.5. The molecular weight excluding hydrogens is 527 g/mol. The molecule has 3 aromatic rings. The van der Waals surface area contributed by atoms with Crippen LogP contribution in [0.1, 0.15) is 5.56 Å². The largest absolute Gasteiger partial charge is 0.472 e.